The van der Waals surface area contributed by atoms with Crippen LogP contribution in [0.1, 0.15) is 18.4 Å². The number of carbonyl (C=O) groups excluding carboxylic acids is 1. The zero-order valence-electron chi connectivity index (χ0n) is 13.9. The minimum Gasteiger partial charge on any atom is -0.381 e. The molecule has 0 unspecified atom stereocenters. The third kappa shape index (κ3) is 5.41. The first-order valence-electron chi connectivity index (χ1n) is 8.41. The van der Waals surface area contributed by atoms with E-state index < -0.39 is 0 Å². The largest absolute Gasteiger partial charge is 0.381 e. The minimum atomic E-state index is -0.0129. The van der Waals surface area contributed by atoms with Crippen LogP contribution in [0.15, 0.2) is 36.4 Å². The van der Waals surface area contributed by atoms with Crippen molar-refractivity contribution in [2.75, 3.05) is 30.4 Å². The Hall–Kier alpha value is -2.18. The van der Waals surface area contributed by atoms with Crippen LogP contribution in [-0.2, 0) is 16.0 Å². The molecule has 0 saturated carbocycles. The molecule has 6 nitrogen and oxygen atoms in total. The molecule has 0 aliphatic carbocycles. The number of benzene rings is 1. The average Bonchev–Trinajstić information content (AvgIpc) is 2.65. The van der Waals surface area contributed by atoms with Crippen molar-refractivity contribution < 1.29 is 9.53 Å². The predicted octanol–water partition coefficient (Wildman–Crippen LogP) is 3.15. The lowest BCUT2D eigenvalue weighted by molar-refractivity contribution is -0.122. The van der Waals surface area contributed by atoms with Crippen LogP contribution >= 0.6 is 11.6 Å². The van der Waals surface area contributed by atoms with Crippen LogP contribution in [0.5, 0.6) is 0 Å². The van der Waals surface area contributed by atoms with Crippen molar-refractivity contribution in [3.8, 4) is 0 Å². The Labute approximate surface area is 151 Å². The molecule has 2 aromatic rings. The van der Waals surface area contributed by atoms with E-state index in [1.54, 1.807) is 6.07 Å². The summed E-state index contributed by atoms with van der Waals surface area (Å²) in [6.45, 7) is 2.02. The predicted molar refractivity (Wildman–Crippen MR) is 97.9 cm³/mol. The summed E-state index contributed by atoms with van der Waals surface area (Å²) in [4.78, 5) is 12.1. The summed E-state index contributed by atoms with van der Waals surface area (Å²) in [5, 5.41) is 14.9. The van der Waals surface area contributed by atoms with Gasteiger partial charge in [-0.15, -0.1) is 10.2 Å². The zero-order chi connectivity index (χ0) is 17.5. The molecule has 1 aliphatic rings. The van der Waals surface area contributed by atoms with Crippen molar-refractivity contribution in [2.45, 2.75) is 19.3 Å². The number of carbonyl (C=O) groups is 1. The first-order chi connectivity index (χ1) is 12.2. The first kappa shape index (κ1) is 17.6. The summed E-state index contributed by atoms with van der Waals surface area (Å²) in [5.41, 5.74) is 1.20. The fraction of sp³-hybridized carbons (Fsp3) is 0.389. The molecule has 0 radical (unpaired) electrons. The topological polar surface area (TPSA) is 76.1 Å². The van der Waals surface area contributed by atoms with Gasteiger partial charge in [-0.1, -0.05) is 23.7 Å². The smallest absolute Gasteiger partial charge is 0.228 e. The van der Waals surface area contributed by atoms with Gasteiger partial charge in [-0.2, -0.15) is 0 Å². The Bertz CT molecular complexity index is 685. The number of nitrogens with zero attached hydrogens (tertiary/aromatic N) is 2. The van der Waals surface area contributed by atoms with E-state index in [1.807, 2.05) is 30.3 Å². The second-order valence-corrected chi connectivity index (χ2v) is 6.42. The van der Waals surface area contributed by atoms with Crippen LogP contribution in [0, 0.1) is 5.92 Å². The average molecular weight is 361 g/mol. The summed E-state index contributed by atoms with van der Waals surface area (Å²) >= 11 is 5.87. The van der Waals surface area contributed by atoms with Gasteiger partial charge in [0.2, 0.25) is 5.91 Å². The Morgan fingerprint density at radius 3 is 2.44 bits per heavy atom. The molecule has 0 atom stereocenters. The molecule has 2 N–H and O–H groups in total. The van der Waals surface area contributed by atoms with Crippen LogP contribution in [0.2, 0.25) is 5.02 Å². The molecule has 7 heteroatoms. The van der Waals surface area contributed by atoms with Gasteiger partial charge in [-0.25, -0.2) is 0 Å². The molecule has 1 saturated heterocycles. The summed E-state index contributed by atoms with van der Waals surface area (Å²) in [5.74, 6) is 1.13. The normalized spacial score (nSPS) is 14.9. The Morgan fingerprint density at radius 1 is 1.08 bits per heavy atom. The maximum Gasteiger partial charge on any atom is 0.228 e. The molecule has 1 aromatic carbocycles. The number of aromatic nitrogens is 2. The van der Waals surface area contributed by atoms with Crippen molar-refractivity contribution >= 4 is 29.1 Å². The van der Waals surface area contributed by atoms with Gasteiger partial charge in [0.1, 0.15) is 5.82 Å². The zero-order valence-corrected chi connectivity index (χ0v) is 14.6. The molecule has 1 amide bonds. The maximum atomic E-state index is 12.1. The quantitative estimate of drug-likeness (QED) is 0.827. The number of ether oxygens (including phenoxy) is 1. The third-order valence-electron chi connectivity index (χ3n) is 4.14. The number of anilines is 2. The van der Waals surface area contributed by atoms with Crippen LogP contribution in [-0.4, -0.2) is 35.9 Å². The van der Waals surface area contributed by atoms with Crippen molar-refractivity contribution in [3.05, 3.63) is 47.0 Å². The fourth-order valence-electron chi connectivity index (χ4n) is 2.67. The molecule has 0 spiro atoms. The minimum absolute atomic E-state index is 0.00673. The lowest BCUT2D eigenvalue weighted by Gasteiger charge is -2.20. The van der Waals surface area contributed by atoms with E-state index in [0.29, 0.717) is 24.8 Å². The number of amides is 1. The van der Waals surface area contributed by atoms with Crippen LogP contribution in [0.4, 0.5) is 11.6 Å². The number of rotatable bonds is 6. The highest BCUT2D eigenvalue weighted by Gasteiger charge is 2.21. The number of hydrogen-bond donors (Lipinski definition) is 2. The Balaban J connectivity index is 1.45. The van der Waals surface area contributed by atoms with Crippen molar-refractivity contribution in [1.29, 1.82) is 0 Å². The highest BCUT2D eigenvalue weighted by molar-refractivity contribution is 6.30. The van der Waals surface area contributed by atoms with Crippen molar-refractivity contribution in [2.24, 2.45) is 5.92 Å². The van der Waals surface area contributed by atoms with E-state index in [9.17, 15) is 4.79 Å². The molecular formula is C18H21ClN4O2. The fourth-order valence-corrected chi connectivity index (χ4v) is 2.79. The molecule has 1 fully saturated rings. The summed E-state index contributed by atoms with van der Waals surface area (Å²) < 4.78 is 5.27. The summed E-state index contributed by atoms with van der Waals surface area (Å²) in [6, 6.07) is 11.3. The van der Waals surface area contributed by atoms with E-state index in [0.717, 1.165) is 30.8 Å². The van der Waals surface area contributed by atoms with Gasteiger partial charge >= 0.3 is 0 Å². The second-order valence-electron chi connectivity index (χ2n) is 5.98. The molecule has 1 aliphatic heterocycles. The molecular weight excluding hydrogens is 340 g/mol. The summed E-state index contributed by atoms with van der Waals surface area (Å²) in [7, 11) is 0. The Kier molecular flexibility index (Phi) is 6.19. The van der Waals surface area contributed by atoms with E-state index in [-0.39, 0.29) is 11.8 Å². The molecule has 2 heterocycles. The SMILES string of the molecule is O=C(Nc1ccc(NCCc2ccc(Cl)cc2)nn1)C1CCOCC1. The summed E-state index contributed by atoms with van der Waals surface area (Å²) in [6.07, 6.45) is 2.37. The van der Waals surface area contributed by atoms with Gasteiger partial charge < -0.3 is 15.4 Å². The lowest BCUT2D eigenvalue weighted by atomic mass is 9.99. The second kappa shape index (κ2) is 8.78. The van der Waals surface area contributed by atoms with E-state index in [4.69, 9.17) is 16.3 Å². The van der Waals surface area contributed by atoms with Gasteiger partial charge in [-0.3, -0.25) is 4.79 Å². The number of hydrogen-bond acceptors (Lipinski definition) is 5. The maximum absolute atomic E-state index is 12.1. The van der Waals surface area contributed by atoms with Gasteiger partial charge in [0.05, 0.1) is 0 Å². The molecule has 25 heavy (non-hydrogen) atoms. The number of halogens is 1. The van der Waals surface area contributed by atoms with E-state index in [2.05, 4.69) is 20.8 Å². The van der Waals surface area contributed by atoms with Gasteiger partial charge in [-0.05, 0) is 49.1 Å². The van der Waals surface area contributed by atoms with Crippen LogP contribution in [0.3, 0.4) is 0 Å². The first-order valence-corrected chi connectivity index (χ1v) is 8.79. The van der Waals surface area contributed by atoms with Gasteiger partial charge in [0, 0.05) is 30.7 Å². The number of nitrogens with one attached hydrogen (secondary N) is 2. The highest BCUT2D eigenvalue weighted by Crippen LogP contribution is 2.17. The van der Waals surface area contributed by atoms with Crippen LogP contribution in [0.25, 0.3) is 0 Å². The molecule has 0 bridgehead atoms. The standard InChI is InChI=1S/C18H21ClN4O2/c19-15-3-1-13(2-4-15)7-10-20-16-5-6-17(23-22-16)21-18(24)14-8-11-25-12-9-14/h1-6,14H,7-12H2,(H,20,22)(H,21,23,24). The lowest BCUT2D eigenvalue weighted by Crippen LogP contribution is -2.28. The van der Waals surface area contributed by atoms with Crippen LogP contribution < -0.4 is 10.6 Å². The monoisotopic (exact) mass is 360 g/mol. The van der Waals surface area contributed by atoms with Gasteiger partial charge in [0.25, 0.3) is 0 Å². The molecule has 1 aromatic heterocycles. The van der Waals surface area contributed by atoms with E-state index in [1.165, 1.54) is 5.56 Å². The van der Waals surface area contributed by atoms with Crippen molar-refractivity contribution in [1.82, 2.24) is 10.2 Å². The van der Waals surface area contributed by atoms with E-state index >= 15 is 0 Å². The Morgan fingerprint density at radius 2 is 1.76 bits per heavy atom. The molecule has 3 rings (SSSR count). The highest BCUT2D eigenvalue weighted by atomic mass is 35.5. The van der Waals surface area contributed by atoms with Crippen molar-refractivity contribution in [3.63, 3.8) is 0 Å². The van der Waals surface area contributed by atoms with Gasteiger partial charge in [0.15, 0.2) is 5.82 Å². The molecule has 132 valence electrons. The third-order valence-corrected chi connectivity index (χ3v) is 4.39.